The van der Waals surface area contributed by atoms with Crippen LogP contribution in [0, 0.1) is 11.3 Å². The number of halogens is 1. The number of amides is 1. The Morgan fingerprint density at radius 1 is 1.15 bits per heavy atom. The third-order valence-electron chi connectivity index (χ3n) is 4.34. The van der Waals surface area contributed by atoms with E-state index in [2.05, 4.69) is 27.6 Å². The second-order valence-corrected chi connectivity index (χ2v) is 6.27. The lowest BCUT2D eigenvalue weighted by molar-refractivity contribution is 0.102. The van der Waals surface area contributed by atoms with Gasteiger partial charge in [0.2, 0.25) is 0 Å². The smallest absolute Gasteiger partial charge is 0.256 e. The zero-order valence-electron chi connectivity index (χ0n) is 14.6. The highest BCUT2D eigenvalue weighted by Gasteiger charge is 2.16. The standard InChI is InChI=1S/C19H21N5O.ClH/c1-24-11-9-16(10-12-24)21-17-3-2-4-18(22-17)23-19(25)15-7-5-14(13-20)6-8-15;/h2-8,16H,9-12H2,1H3,(H2,21,22,23,25);1H. The fourth-order valence-electron chi connectivity index (χ4n) is 2.83. The molecule has 26 heavy (non-hydrogen) atoms. The van der Waals surface area contributed by atoms with Crippen molar-refractivity contribution < 1.29 is 4.79 Å². The van der Waals surface area contributed by atoms with Gasteiger partial charge in [0.25, 0.3) is 5.91 Å². The number of nitrogens with zero attached hydrogens (tertiary/aromatic N) is 3. The third-order valence-corrected chi connectivity index (χ3v) is 4.34. The van der Waals surface area contributed by atoms with E-state index in [1.165, 1.54) is 0 Å². The summed E-state index contributed by atoms with van der Waals surface area (Å²) in [5, 5.41) is 15.1. The van der Waals surface area contributed by atoms with Crippen LogP contribution < -0.4 is 10.6 Å². The molecular weight excluding hydrogens is 350 g/mol. The van der Waals surface area contributed by atoms with Gasteiger partial charge in [0.15, 0.2) is 0 Å². The molecule has 1 aliphatic heterocycles. The number of hydrogen-bond donors (Lipinski definition) is 2. The molecule has 1 amide bonds. The topological polar surface area (TPSA) is 81.0 Å². The highest BCUT2D eigenvalue weighted by atomic mass is 35.5. The lowest BCUT2D eigenvalue weighted by atomic mass is 10.1. The Morgan fingerprint density at radius 2 is 1.81 bits per heavy atom. The average molecular weight is 372 g/mol. The normalized spacial score (nSPS) is 14.8. The highest BCUT2D eigenvalue weighted by molar-refractivity contribution is 6.03. The lowest BCUT2D eigenvalue weighted by Crippen LogP contribution is -2.36. The van der Waals surface area contributed by atoms with Crippen LogP contribution in [0.25, 0.3) is 0 Å². The average Bonchev–Trinajstić information content (AvgIpc) is 2.64. The minimum atomic E-state index is -0.242. The Hall–Kier alpha value is -2.62. The number of hydrogen-bond acceptors (Lipinski definition) is 5. The van der Waals surface area contributed by atoms with Gasteiger partial charge in [-0.1, -0.05) is 6.07 Å². The van der Waals surface area contributed by atoms with Crippen LogP contribution in [0.1, 0.15) is 28.8 Å². The number of nitriles is 1. The SMILES string of the molecule is CN1CCC(Nc2cccc(NC(=O)c3ccc(C#N)cc3)n2)CC1.Cl. The van der Waals surface area contributed by atoms with Gasteiger partial charge in [-0.05, 0) is 69.4 Å². The minimum Gasteiger partial charge on any atom is -0.367 e. The number of carbonyl (C=O) groups excluding carboxylic acids is 1. The van der Waals surface area contributed by atoms with Crippen molar-refractivity contribution in [1.29, 1.82) is 5.26 Å². The molecule has 2 N–H and O–H groups in total. The van der Waals surface area contributed by atoms with Gasteiger partial charge in [0.1, 0.15) is 11.6 Å². The van der Waals surface area contributed by atoms with Crippen LogP contribution in [0.15, 0.2) is 42.5 Å². The van der Waals surface area contributed by atoms with Crippen molar-refractivity contribution in [3.05, 3.63) is 53.6 Å². The molecule has 0 aliphatic carbocycles. The number of piperidine rings is 1. The van der Waals surface area contributed by atoms with Crippen LogP contribution in [0.5, 0.6) is 0 Å². The van der Waals surface area contributed by atoms with Crippen LogP contribution in [-0.4, -0.2) is 42.0 Å². The minimum absolute atomic E-state index is 0. The first-order valence-corrected chi connectivity index (χ1v) is 8.38. The number of anilines is 2. The molecule has 0 spiro atoms. The Kier molecular flexibility index (Phi) is 6.96. The van der Waals surface area contributed by atoms with Crippen molar-refractivity contribution in [1.82, 2.24) is 9.88 Å². The summed E-state index contributed by atoms with van der Waals surface area (Å²) < 4.78 is 0. The van der Waals surface area contributed by atoms with Gasteiger partial charge in [0.05, 0.1) is 11.6 Å². The molecule has 1 aromatic carbocycles. The fourth-order valence-corrected chi connectivity index (χ4v) is 2.83. The summed E-state index contributed by atoms with van der Waals surface area (Å²) in [5.74, 6) is 1.04. The van der Waals surface area contributed by atoms with Gasteiger partial charge >= 0.3 is 0 Å². The zero-order chi connectivity index (χ0) is 17.6. The van der Waals surface area contributed by atoms with Crippen molar-refractivity contribution in [2.24, 2.45) is 0 Å². The van der Waals surface area contributed by atoms with Gasteiger partial charge in [-0.3, -0.25) is 4.79 Å². The van der Waals surface area contributed by atoms with E-state index in [1.54, 1.807) is 30.3 Å². The molecule has 7 heteroatoms. The molecule has 1 fully saturated rings. The zero-order valence-corrected chi connectivity index (χ0v) is 15.4. The molecule has 136 valence electrons. The van der Waals surface area contributed by atoms with Crippen molar-refractivity contribution in [3.63, 3.8) is 0 Å². The predicted molar refractivity (Wildman–Crippen MR) is 105 cm³/mol. The molecule has 0 saturated carbocycles. The predicted octanol–water partition coefficient (Wildman–Crippen LogP) is 3.13. The molecule has 0 radical (unpaired) electrons. The summed E-state index contributed by atoms with van der Waals surface area (Å²) in [6.45, 7) is 2.15. The van der Waals surface area contributed by atoms with Gasteiger partial charge in [-0.15, -0.1) is 12.4 Å². The summed E-state index contributed by atoms with van der Waals surface area (Å²) in [4.78, 5) is 19.1. The molecule has 6 nitrogen and oxygen atoms in total. The van der Waals surface area contributed by atoms with E-state index in [0.29, 0.717) is 23.0 Å². The summed E-state index contributed by atoms with van der Waals surface area (Å²) >= 11 is 0. The van der Waals surface area contributed by atoms with Crippen molar-refractivity contribution in [2.45, 2.75) is 18.9 Å². The van der Waals surface area contributed by atoms with E-state index in [0.717, 1.165) is 31.7 Å². The van der Waals surface area contributed by atoms with E-state index in [9.17, 15) is 4.79 Å². The van der Waals surface area contributed by atoms with Crippen molar-refractivity contribution >= 4 is 29.9 Å². The van der Waals surface area contributed by atoms with E-state index >= 15 is 0 Å². The van der Waals surface area contributed by atoms with E-state index < -0.39 is 0 Å². The molecule has 0 atom stereocenters. The summed E-state index contributed by atoms with van der Waals surface area (Å²) in [6.07, 6.45) is 2.17. The van der Waals surface area contributed by atoms with Crippen LogP contribution in [0.2, 0.25) is 0 Å². The first-order chi connectivity index (χ1) is 12.1. The van der Waals surface area contributed by atoms with Crippen LogP contribution >= 0.6 is 12.4 Å². The summed E-state index contributed by atoms with van der Waals surface area (Å²) in [6, 6.07) is 14.5. The Morgan fingerprint density at radius 3 is 2.46 bits per heavy atom. The van der Waals surface area contributed by atoms with Gasteiger partial charge < -0.3 is 15.5 Å². The summed E-state index contributed by atoms with van der Waals surface area (Å²) in [5.41, 5.74) is 1.02. The first kappa shape index (κ1) is 19.7. The number of rotatable bonds is 4. The maximum absolute atomic E-state index is 12.3. The molecule has 1 aromatic heterocycles. The Bertz CT molecular complexity index is 779. The third kappa shape index (κ3) is 5.19. The Labute approximate surface area is 159 Å². The lowest BCUT2D eigenvalue weighted by Gasteiger charge is -2.29. The number of carbonyl (C=O) groups is 1. The van der Waals surface area contributed by atoms with Crippen molar-refractivity contribution in [2.75, 3.05) is 30.8 Å². The van der Waals surface area contributed by atoms with Crippen LogP contribution in [0.4, 0.5) is 11.6 Å². The van der Waals surface area contributed by atoms with Gasteiger partial charge in [0, 0.05) is 11.6 Å². The number of likely N-dealkylation sites (tertiary alicyclic amines) is 1. The molecule has 1 saturated heterocycles. The number of nitrogens with one attached hydrogen (secondary N) is 2. The second-order valence-electron chi connectivity index (χ2n) is 6.27. The van der Waals surface area contributed by atoms with Gasteiger partial charge in [-0.25, -0.2) is 4.98 Å². The maximum atomic E-state index is 12.3. The fraction of sp³-hybridized carbons (Fsp3) is 0.316. The van der Waals surface area contributed by atoms with Crippen LogP contribution in [0.3, 0.4) is 0 Å². The molecule has 1 aliphatic rings. The molecule has 2 heterocycles. The molecule has 0 unspecified atom stereocenters. The van der Waals surface area contributed by atoms with Crippen LogP contribution in [-0.2, 0) is 0 Å². The first-order valence-electron chi connectivity index (χ1n) is 8.38. The number of pyridine rings is 1. The molecule has 0 bridgehead atoms. The highest BCUT2D eigenvalue weighted by Crippen LogP contribution is 2.16. The molecular formula is C19H22ClN5O. The quantitative estimate of drug-likeness (QED) is 0.862. The second kappa shape index (κ2) is 9.18. The van der Waals surface area contributed by atoms with E-state index in [1.807, 2.05) is 18.2 Å². The van der Waals surface area contributed by atoms with Gasteiger partial charge in [-0.2, -0.15) is 5.26 Å². The van der Waals surface area contributed by atoms with E-state index in [4.69, 9.17) is 5.26 Å². The molecule has 2 aromatic rings. The summed E-state index contributed by atoms with van der Waals surface area (Å²) in [7, 11) is 2.13. The Balaban J connectivity index is 0.00000243. The largest absolute Gasteiger partial charge is 0.367 e. The number of aromatic nitrogens is 1. The monoisotopic (exact) mass is 371 g/mol. The number of benzene rings is 1. The van der Waals surface area contributed by atoms with E-state index in [-0.39, 0.29) is 18.3 Å². The van der Waals surface area contributed by atoms with Crippen molar-refractivity contribution in [3.8, 4) is 6.07 Å². The maximum Gasteiger partial charge on any atom is 0.256 e. The molecule has 3 rings (SSSR count).